The highest BCUT2D eigenvalue weighted by Gasteiger charge is 2.63. The van der Waals surface area contributed by atoms with Crippen LogP contribution < -0.4 is 15.4 Å². The molecule has 0 aromatic heterocycles. The van der Waals surface area contributed by atoms with Gasteiger partial charge in [-0.05, 0) is 84.0 Å². The number of amides is 4. The van der Waals surface area contributed by atoms with Crippen molar-refractivity contribution in [3.05, 3.63) is 12.2 Å². The zero-order chi connectivity index (χ0) is 33.6. The van der Waals surface area contributed by atoms with Crippen LogP contribution in [-0.4, -0.2) is 77.8 Å². The maximum atomic E-state index is 14.1. The molecule has 6 atom stereocenters. The molecular weight excluding hydrogens is 617 g/mol. The fourth-order valence-corrected chi connectivity index (χ4v) is 7.50. The van der Waals surface area contributed by atoms with Crippen LogP contribution in [0, 0.1) is 17.8 Å². The van der Waals surface area contributed by atoms with Crippen molar-refractivity contribution in [1.82, 2.24) is 20.3 Å². The quantitative estimate of drug-likeness (QED) is 0.367. The van der Waals surface area contributed by atoms with Gasteiger partial charge < -0.3 is 20.3 Å². The smallest absolute Gasteiger partial charge is 0.427 e. The standard InChI is InChI=1S/C30H45F3N4O7S/c1-6-19-16-18(2)10-7-8-11-20-17-29(20,25(40)36-45(42,43)28(5)13-14-28)35-23(38)21-12-9-15-37(21)24(39)22(19)34-26(41)44-27(3,4)30(31,32)33/h8,11,18-22H,6-7,9-10,12-17H2,1-5H3,(H,34,41)(H,35,38)(H,36,40)/b11-8-/t18-,19-,20-,21+,22+,29-/m1/s1. The number of allylic oxidation sites excluding steroid dienone is 1. The average Bonchev–Trinajstić information content (AvgIpc) is 3.79. The molecule has 4 aliphatic rings. The van der Waals surface area contributed by atoms with Gasteiger partial charge in [-0.1, -0.05) is 32.4 Å². The number of halogens is 3. The van der Waals surface area contributed by atoms with Gasteiger partial charge in [-0.3, -0.25) is 19.1 Å². The van der Waals surface area contributed by atoms with Crippen molar-refractivity contribution >= 4 is 33.8 Å². The third-order valence-electron chi connectivity index (χ3n) is 9.90. The second-order valence-electron chi connectivity index (χ2n) is 13.9. The first-order valence-electron chi connectivity index (χ1n) is 15.7. The second-order valence-corrected chi connectivity index (χ2v) is 16.1. The lowest BCUT2D eigenvalue weighted by Gasteiger charge is -2.35. The zero-order valence-corrected chi connectivity index (χ0v) is 27.3. The molecule has 4 rings (SSSR count). The fourth-order valence-electron chi connectivity index (χ4n) is 6.19. The second kappa shape index (κ2) is 12.4. The summed E-state index contributed by atoms with van der Waals surface area (Å²) in [6, 6.07) is -2.30. The molecule has 45 heavy (non-hydrogen) atoms. The van der Waals surface area contributed by atoms with Crippen LogP contribution in [-0.2, 0) is 29.1 Å². The monoisotopic (exact) mass is 662 g/mol. The van der Waals surface area contributed by atoms with Gasteiger partial charge in [-0.15, -0.1) is 0 Å². The van der Waals surface area contributed by atoms with Gasteiger partial charge >= 0.3 is 12.3 Å². The van der Waals surface area contributed by atoms with Crippen LogP contribution in [0.4, 0.5) is 18.0 Å². The molecule has 0 radical (unpaired) electrons. The van der Waals surface area contributed by atoms with E-state index < -0.39 is 79.8 Å². The van der Waals surface area contributed by atoms with Crippen LogP contribution >= 0.6 is 0 Å². The first-order valence-corrected chi connectivity index (χ1v) is 17.2. The number of rotatable bonds is 6. The molecule has 2 saturated carbocycles. The minimum absolute atomic E-state index is 0.0512. The Kier molecular flexibility index (Phi) is 9.65. The summed E-state index contributed by atoms with van der Waals surface area (Å²) in [5.74, 6) is -2.96. The molecule has 2 heterocycles. The maximum Gasteiger partial charge on any atom is 0.427 e. The molecule has 15 heteroatoms. The predicted octanol–water partition coefficient (Wildman–Crippen LogP) is 3.69. The Morgan fingerprint density at radius 2 is 1.84 bits per heavy atom. The highest BCUT2D eigenvalue weighted by molar-refractivity contribution is 7.91. The number of carbonyl (C=O) groups excluding carboxylic acids is 4. The Morgan fingerprint density at radius 1 is 1.18 bits per heavy atom. The van der Waals surface area contributed by atoms with Gasteiger partial charge in [0.05, 0.1) is 4.75 Å². The topological polar surface area (TPSA) is 151 Å². The lowest BCUT2D eigenvalue weighted by Crippen LogP contribution is -2.60. The summed E-state index contributed by atoms with van der Waals surface area (Å²) in [6.45, 7) is 6.93. The Bertz CT molecular complexity index is 1330. The van der Waals surface area contributed by atoms with Crippen LogP contribution in [0.2, 0.25) is 0 Å². The number of alkyl halides is 3. The summed E-state index contributed by atoms with van der Waals surface area (Å²) in [5.41, 5.74) is -4.32. The van der Waals surface area contributed by atoms with Crippen molar-refractivity contribution in [1.29, 1.82) is 0 Å². The number of ether oxygens (including phenoxy) is 1. The molecule has 3 N–H and O–H groups in total. The van der Waals surface area contributed by atoms with Crippen molar-refractivity contribution in [2.75, 3.05) is 6.54 Å². The number of sulfonamides is 1. The number of fused-ring (bicyclic) bond motifs is 2. The number of carbonyl (C=O) groups is 4. The third kappa shape index (κ3) is 7.27. The number of nitrogens with one attached hydrogen (secondary N) is 3. The van der Waals surface area contributed by atoms with Crippen molar-refractivity contribution < 1.29 is 45.5 Å². The third-order valence-corrected chi connectivity index (χ3v) is 12.1. The SMILES string of the molecule is CC[C@@H]1C[C@H](C)CC/C=C\[C@@H]2C[C@@]2(C(=O)NS(=O)(=O)C2(C)CC2)NC(=O)[C@@H]2CCCN2C(=O)[C@H]1NC(=O)OC(C)(C)C(F)(F)F. The van der Waals surface area contributed by atoms with Crippen molar-refractivity contribution in [3.8, 4) is 0 Å². The van der Waals surface area contributed by atoms with Gasteiger partial charge in [-0.25, -0.2) is 13.2 Å². The molecule has 3 fully saturated rings. The van der Waals surface area contributed by atoms with E-state index in [1.54, 1.807) is 6.92 Å². The Labute approximate surface area is 262 Å². The van der Waals surface area contributed by atoms with Crippen LogP contribution in [0.5, 0.6) is 0 Å². The summed E-state index contributed by atoms with van der Waals surface area (Å²) >= 11 is 0. The van der Waals surface area contributed by atoms with Crippen LogP contribution in [0.1, 0.15) is 92.4 Å². The molecule has 0 unspecified atom stereocenters. The van der Waals surface area contributed by atoms with E-state index in [4.69, 9.17) is 4.74 Å². The van der Waals surface area contributed by atoms with Gasteiger partial charge in [0.15, 0.2) is 0 Å². The highest BCUT2D eigenvalue weighted by Crippen LogP contribution is 2.47. The normalized spacial score (nSPS) is 33.0. The van der Waals surface area contributed by atoms with Gasteiger partial charge in [-0.2, -0.15) is 13.2 Å². The zero-order valence-electron chi connectivity index (χ0n) is 26.5. The molecular formula is C30H45F3N4O7S. The van der Waals surface area contributed by atoms with E-state index in [1.165, 1.54) is 4.90 Å². The van der Waals surface area contributed by atoms with Crippen LogP contribution in [0.3, 0.4) is 0 Å². The van der Waals surface area contributed by atoms with Gasteiger partial charge in [0, 0.05) is 12.5 Å². The van der Waals surface area contributed by atoms with Gasteiger partial charge in [0.2, 0.25) is 27.4 Å². The molecule has 2 aliphatic carbocycles. The van der Waals surface area contributed by atoms with E-state index in [0.717, 1.165) is 0 Å². The Hall–Kier alpha value is -2.84. The van der Waals surface area contributed by atoms with Crippen LogP contribution in [0.25, 0.3) is 0 Å². The summed E-state index contributed by atoms with van der Waals surface area (Å²) in [6.07, 6.45) is 1.33. The molecule has 0 spiro atoms. The van der Waals surface area contributed by atoms with E-state index >= 15 is 0 Å². The highest BCUT2D eigenvalue weighted by atomic mass is 32.2. The molecule has 0 aromatic carbocycles. The van der Waals surface area contributed by atoms with Crippen molar-refractivity contribution in [2.45, 2.75) is 127 Å². The van der Waals surface area contributed by atoms with Crippen molar-refractivity contribution in [3.63, 3.8) is 0 Å². The fraction of sp³-hybridized carbons (Fsp3) is 0.800. The molecule has 4 amide bonds. The molecule has 254 valence electrons. The van der Waals surface area contributed by atoms with E-state index in [2.05, 4.69) is 15.4 Å². The largest absolute Gasteiger partial charge is 0.434 e. The minimum Gasteiger partial charge on any atom is -0.434 e. The number of hydrogen-bond acceptors (Lipinski definition) is 7. The van der Waals surface area contributed by atoms with Gasteiger partial charge in [0.25, 0.3) is 5.91 Å². The average molecular weight is 663 g/mol. The number of alkyl carbamates (subject to hydrolysis) is 1. The van der Waals surface area contributed by atoms with E-state index in [-0.39, 0.29) is 25.3 Å². The van der Waals surface area contributed by atoms with Crippen LogP contribution in [0.15, 0.2) is 12.2 Å². The Morgan fingerprint density at radius 3 is 2.44 bits per heavy atom. The van der Waals surface area contributed by atoms with Gasteiger partial charge in [0.1, 0.15) is 17.6 Å². The minimum atomic E-state index is -4.85. The van der Waals surface area contributed by atoms with E-state index in [1.807, 2.05) is 26.0 Å². The van der Waals surface area contributed by atoms with E-state index in [9.17, 15) is 40.8 Å². The lowest BCUT2D eigenvalue weighted by atomic mass is 9.85. The summed E-state index contributed by atoms with van der Waals surface area (Å²) < 4.78 is 72.0. The molecule has 0 aromatic rings. The predicted molar refractivity (Wildman–Crippen MR) is 158 cm³/mol. The molecule has 0 bridgehead atoms. The lowest BCUT2D eigenvalue weighted by molar-refractivity contribution is -0.244. The van der Waals surface area contributed by atoms with E-state index in [0.29, 0.717) is 58.8 Å². The number of nitrogens with zero attached hydrogens (tertiary/aromatic N) is 1. The summed E-state index contributed by atoms with van der Waals surface area (Å²) in [7, 11) is -3.98. The summed E-state index contributed by atoms with van der Waals surface area (Å²) in [5, 5.41) is 5.16. The number of hydrogen-bond donors (Lipinski definition) is 3. The van der Waals surface area contributed by atoms with Crippen molar-refractivity contribution in [2.24, 2.45) is 17.8 Å². The summed E-state index contributed by atoms with van der Waals surface area (Å²) in [4.78, 5) is 55.4. The molecule has 2 aliphatic heterocycles. The molecule has 1 saturated heterocycles. The molecule has 11 nitrogen and oxygen atoms in total. The Balaban J connectivity index is 1.62. The first kappa shape index (κ1) is 35.0. The first-order chi connectivity index (χ1) is 20.8. The maximum absolute atomic E-state index is 14.1.